The van der Waals surface area contributed by atoms with E-state index < -0.39 is 0 Å². The Morgan fingerprint density at radius 1 is 1.31 bits per heavy atom. The van der Waals surface area contributed by atoms with Gasteiger partial charge in [-0.15, -0.1) is 0 Å². The molecule has 13 heavy (non-hydrogen) atoms. The Bertz CT molecular complexity index is 473. The largest absolute Gasteiger partial charge is 0.356 e. The monoisotopic (exact) mass is 241 g/mol. The summed E-state index contributed by atoms with van der Waals surface area (Å²) in [4.78, 5) is 3.03. The number of aromatic amines is 1. The van der Waals surface area contributed by atoms with Crippen LogP contribution in [-0.4, -0.2) is 4.98 Å². The Kier molecular flexibility index (Phi) is 1.91. The SMILES string of the molecule is Cc1[nH]c2c(F)cc(Br)cc2c1C. The number of hydrogen-bond donors (Lipinski definition) is 1. The summed E-state index contributed by atoms with van der Waals surface area (Å²) in [5.74, 6) is -0.208. The third-order valence-electron chi connectivity index (χ3n) is 2.33. The molecule has 1 aromatic heterocycles. The number of benzene rings is 1. The molecule has 1 N–H and O–H groups in total. The molecule has 0 saturated heterocycles. The molecule has 0 radical (unpaired) electrons. The van der Waals surface area contributed by atoms with Crippen LogP contribution in [0.4, 0.5) is 4.39 Å². The van der Waals surface area contributed by atoms with Crippen molar-refractivity contribution >= 4 is 26.8 Å². The lowest BCUT2D eigenvalue weighted by Crippen LogP contribution is -1.77. The van der Waals surface area contributed by atoms with E-state index in [4.69, 9.17) is 0 Å². The van der Waals surface area contributed by atoms with Gasteiger partial charge in [-0.1, -0.05) is 15.9 Å². The van der Waals surface area contributed by atoms with Crippen molar-refractivity contribution in [3.8, 4) is 0 Å². The maximum Gasteiger partial charge on any atom is 0.148 e. The molecule has 2 rings (SSSR count). The highest BCUT2D eigenvalue weighted by Gasteiger charge is 2.08. The van der Waals surface area contributed by atoms with Gasteiger partial charge in [0, 0.05) is 15.6 Å². The molecule has 0 aliphatic heterocycles. The lowest BCUT2D eigenvalue weighted by molar-refractivity contribution is 0.636. The third kappa shape index (κ3) is 1.27. The van der Waals surface area contributed by atoms with Gasteiger partial charge in [0.2, 0.25) is 0 Å². The Balaban J connectivity index is 2.94. The first kappa shape index (κ1) is 8.75. The van der Waals surface area contributed by atoms with Crippen LogP contribution in [0.25, 0.3) is 10.9 Å². The predicted octanol–water partition coefficient (Wildman–Crippen LogP) is 3.69. The second-order valence-corrected chi connectivity index (χ2v) is 4.10. The van der Waals surface area contributed by atoms with E-state index in [1.165, 1.54) is 6.07 Å². The first-order valence-electron chi connectivity index (χ1n) is 4.03. The lowest BCUT2D eigenvalue weighted by atomic mass is 10.1. The predicted molar refractivity (Wildman–Crippen MR) is 55.4 cm³/mol. The summed E-state index contributed by atoms with van der Waals surface area (Å²) in [5, 5.41) is 0.948. The molecule has 3 heteroatoms. The number of aryl methyl sites for hydroxylation is 2. The van der Waals surface area contributed by atoms with Crippen LogP contribution in [0, 0.1) is 19.7 Å². The first-order chi connectivity index (χ1) is 6.09. The van der Waals surface area contributed by atoms with Crippen LogP contribution < -0.4 is 0 Å². The minimum Gasteiger partial charge on any atom is -0.356 e. The normalized spacial score (nSPS) is 11.1. The van der Waals surface area contributed by atoms with Gasteiger partial charge < -0.3 is 4.98 Å². The summed E-state index contributed by atoms with van der Waals surface area (Å²) in [6, 6.07) is 3.40. The first-order valence-corrected chi connectivity index (χ1v) is 4.83. The van der Waals surface area contributed by atoms with Crippen LogP contribution >= 0.6 is 15.9 Å². The highest BCUT2D eigenvalue weighted by molar-refractivity contribution is 9.10. The van der Waals surface area contributed by atoms with Crippen molar-refractivity contribution < 1.29 is 4.39 Å². The second kappa shape index (κ2) is 2.84. The number of aromatic nitrogens is 1. The minimum atomic E-state index is -0.208. The Morgan fingerprint density at radius 3 is 2.69 bits per heavy atom. The molecule has 1 nitrogen and oxygen atoms in total. The van der Waals surface area contributed by atoms with Crippen molar-refractivity contribution in [3.63, 3.8) is 0 Å². The van der Waals surface area contributed by atoms with Gasteiger partial charge in [-0.3, -0.25) is 0 Å². The molecule has 0 bridgehead atoms. The fourth-order valence-corrected chi connectivity index (χ4v) is 1.91. The molecule has 0 amide bonds. The fraction of sp³-hybridized carbons (Fsp3) is 0.200. The smallest absolute Gasteiger partial charge is 0.148 e. The van der Waals surface area contributed by atoms with E-state index in [-0.39, 0.29) is 5.82 Å². The molecule has 0 unspecified atom stereocenters. The van der Waals surface area contributed by atoms with Crippen LogP contribution in [0.1, 0.15) is 11.3 Å². The minimum absolute atomic E-state index is 0.208. The van der Waals surface area contributed by atoms with Crippen molar-refractivity contribution in [2.24, 2.45) is 0 Å². The van der Waals surface area contributed by atoms with Crippen LogP contribution in [-0.2, 0) is 0 Å². The second-order valence-electron chi connectivity index (χ2n) is 3.19. The summed E-state index contributed by atoms with van der Waals surface area (Å²) in [6.45, 7) is 3.93. The number of nitrogens with one attached hydrogen (secondary N) is 1. The molecule has 0 atom stereocenters. The number of rotatable bonds is 0. The quantitative estimate of drug-likeness (QED) is 0.725. The standard InChI is InChI=1S/C10H9BrFN/c1-5-6(2)13-10-8(5)3-7(11)4-9(10)12/h3-4,13H,1-2H3. The van der Waals surface area contributed by atoms with E-state index in [1.807, 2.05) is 19.9 Å². The molecule has 0 aliphatic rings. The molecular formula is C10H9BrFN. The Morgan fingerprint density at radius 2 is 2.00 bits per heavy atom. The summed E-state index contributed by atoms with van der Waals surface area (Å²) in [7, 11) is 0. The topological polar surface area (TPSA) is 15.8 Å². The van der Waals surface area contributed by atoms with E-state index in [1.54, 1.807) is 0 Å². The van der Waals surface area contributed by atoms with E-state index in [9.17, 15) is 4.39 Å². The zero-order valence-corrected chi connectivity index (χ0v) is 9.00. The molecule has 0 spiro atoms. The van der Waals surface area contributed by atoms with Gasteiger partial charge in [0.1, 0.15) is 5.82 Å². The molecule has 2 aromatic rings. The van der Waals surface area contributed by atoms with E-state index in [2.05, 4.69) is 20.9 Å². The Labute approximate surface area is 84.1 Å². The van der Waals surface area contributed by atoms with Crippen molar-refractivity contribution in [1.29, 1.82) is 0 Å². The molecule has 0 saturated carbocycles. The van der Waals surface area contributed by atoms with Gasteiger partial charge in [-0.25, -0.2) is 4.39 Å². The molecule has 1 aromatic carbocycles. The van der Waals surface area contributed by atoms with Crippen molar-refractivity contribution in [2.75, 3.05) is 0 Å². The molecule has 0 aliphatic carbocycles. The van der Waals surface area contributed by atoms with Gasteiger partial charge in [-0.2, -0.15) is 0 Å². The number of halogens is 2. The number of hydrogen-bond acceptors (Lipinski definition) is 0. The maximum absolute atomic E-state index is 13.4. The maximum atomic E-state index is 13.4. The summed E-state index contributed by atoms with van der Waals surface area (Å²) < 4.78 is 14.2. The lowest BCUT2D eigenvalue weighted by Gasteiger charge is -1.95. The number of fused-ring (bicyclic) bond motifs is 1. The van der Waals surface area contributed by atoms with E-state index in [0.29, 0.717) is 5.52 Å². The van der Waals surface area contributed by atoms with Crippen LogP contribution in [0.3, 0.4) is 0 Å². The third-order valence-corrected chi connectivity index (χ3v) is 2.79. The highest BCUT2D eigenvalue weighted by atomic mass is 79.9. The average molecular weight is 242 g/mol. The molecule has 1 heterocycles. The van der Waals surface area contributed by atoms with Gasteiger partial charge in [0.25, 0.3) is 0 Å². The summed E-state index contributed by atoms with van der Waals surface area (Å²) in [5.41, 5.74) is 2.72. The zero-order valence-electron chi connectivity index (χ0n) is 7.41. The molecular weight excluding hydrogens is 233 g/mol. The van der Waals surface area contributed by atoms with Gasteiger partial charge in [0.05, 0.1) is 5.52 Å². The van der Waals surface area contributed by atoms with Gasteiger partial charge >= 0.3 is 0 Å². The van der Waals surface area contributed by atoms with Crippen molar-refractivity contribution in [2.45, 2.75) is 13.8 Å². The summed E-state index contributed by atoms with van der Waals surface area (Å²) >= 11 is 3.27. The van der Waals surface area contributed by atoms with Gasteiger partial charge in [-0.05, 0) is 31.5 Å². The highest BCUT2D eigenvalue weighted by Crippen LogP contribution is 2.27. The van der Waals surface area contributed by atoms with Gasteiger partial charge in [0.15, 0.2) is 0 Å². The zero-order chi connectivity index (χ0) is 9.59. The summed E-state index contributed by atoms with van der Waals surface area (Å²) in [6.07, 6.45) is 0. The number of H-pyrrole nitrogens is 1. The fourth-order valence-electron chi connectivity index (χ4n) is 1.48. The van der Waals surface area contributed by atoms with Crippen molar-refractivity contribution in [3.05, 3.63) is 33.7 Å². The van der Waals surface area contributed by atoms with E-state index >= 15 is 0 Å². The van der Waals surface area contributed by atoms with E-state index in [0.717, 1.165) is 21.1 Å². The van der Waals surface area contributed by atoms with Crippen LogP contribution in [0.2, 0.25) is 0 Å². The average Bonchev–Trinajstić information content (AvgIpc) is 2.32. The van der Waals surface area contributed by atoms with Crippen LogP contribution in [0.5, 0.6) is 0 Å². The molecule has 0 fully saturated rings. The Hall–Kier alpha value is -0.830. The molecule has 68 valence electrons. The van der Waals surface area contributed by atoms with Crippen LogP contribution in [0.15, 0.2) is 16.6 Å². The van der Waals surface area contributed by atoms with Crippen molar-refractivity contribution in [1.82, 2.24) is 4.98 Å².